The number of ether oxygens (including phenoxy) is 1. The van der Waals surface area contributed by atoms with E-state index in [-0.39, 0.29) is 29.7 Å². The topological polar surface area (TPSA) is 95.8 Å². The molecule has 1 aromatic heterocycles. The fraction of sp³-hybridized carbons (Fsp3) is 0.308. The molecule has 0 unspecified atom stereocenters. The number of benzene rings is 2. The molecule has 3 N–H and O–H groups in total. The highest BCUT2D eigenvalue weighted by atomic mass is 19.2. The van der Waals surface area contributed by atoms with E-state index in [9.17, 15) is 18.4 Å². The Balaban J connectivity index is 1.44. The number of nitrogens with zero attached hydrogens (tertiary/aromatic N) is 2. The Bertz CT molecular complexity index is 1220. The van der Waals surface area contributed by atoms with Crippen LogP contribution in [0.4, 0.5) is 8.78 Å². The molecule has 0 atom stereocenters. The van der Waals surface area contributed by atoms with Crippen molar-refractivity contribution in [1.82, 2.24) is 20.3 Å². The van der Waals surface area contributed by atoms with Gasteiger partial charge in [-0.3, -0.25) is 19.7 Å². The number of aryl methyl sites for hydroxylation is 1. The van der Waals surface area contributed by atoms with Crippen molar-refractivity contribution in [2.75, 3.05) is 13.1 Å². The molecule has 0 radical (unpaired) electrons. The molecule has 1 saturated heterocycles. The summed E-state index contributed by atoms with van der Waals surface area (Å²) in [7, 11) is 1.54. The highest BCUT2D eigenvalue weighted by Crippen LogP contribution is 2.28. The number of rotatable bonds is 8. The zero-order valence-electron chi connectivity index (χ0n) is 19.8. The van der Waals surface area contributed by atoms with Gasteiger partial charge in [0, 0.05) is 38.9 Å². The molecule has 0 bridgehead atoms. The van der Waals surface area contributed by atoms with Crippen molar-refractivity contribution in [3.63, 3.8) is 0 Å². The number of nitrogens with one attached hydrogen (secondary N) is 2. The number of hydroxylamine groups is 1. The number of piperidine rings is 1. The van der Waals surface area contributed by atoms with Crippen molar-refractivity contribution in [2.45, 2.75) is 32.0 Å². The zero-order chi connectivity index (χ0) is 25.7. The van der Waals surface area contributed by atoms with Crippen LogP contribution in [0.1, 0.15) is 44.8 Å². The smallest absolute Gasteiger partial charge is 0.295 e. The zero-order valence-corrected chi connectivity index (χ0v) is 19.8. The van der Waals surface area contributed by atoms with Gasteiger partial charge in [-0.1, -0.05) is 36.4 Å². The molecule has 0 spiro atoms. The second-order valence-electron chi connectivity index (χ2n) is 8.82. The van der Waals surface area contributed by atoms with Crippen molar-refractivity contribution in [1.29, 1.82) is 0 Å². The summed E-state index contributed by atoms with van der Waals surface area (Å²) in [5.41, 5.74) is 3.12. The summed E-state index contributed by atoms with van der Waals surface area (Å²) in [6, 6.07) is 13.4. The molecule has 1 fully saturated rings. The van der Waals surface area contributed by atoms with Gasteiger partial charge in [-0.15, -0.1) is 0 Å². The van der Waals surface area contributed by atoms with E-state index in [0.717, 1.165) is 44.6 Å². The molecule has 10 heteroatoms. The summed E-state index contributed by atoms with van der Waals surface area (Å²) in [6.45, 7) is 2.28. The Morgan fingerprint density at radius 1 is 1.03 bits per heavy atom. The van der Waals surface area contributed by atoms with Crippen molar-refractivity contribution in [2.24, 2.45) is 7.05 Å². The normalized spacial score (nSPS) is 14.4. The second kappa shape index (κ2) is 11.3. The van der Waals surface area contributed by atoms with Crippen molar-refractivity contribution in [3.05, 3.63) is 88.7 Å². The maximum Gasteiger partial charge on any atom is 0.295 e. The number of hydrogen-bond donors (Lipinski definition) is 3. The fourth-order valence-electron chi connectivity index (χ4n) is 4.35. The van der Waals surface area contributed by atoms with E-state index < -0.39 is 23.4 Å². The van der Waals surface area contributed by atoms with Crippen LogP contribution in [0, 0.1) is 11.6 Å². The molecule has 2 amide bonds. The first-order chi connectivity index (χ1) is 17.4. The maximum absolute atomic E-state index is 13.6. The number of hydrogen-bond acceptors (Lipinski definition) is 5. The minimum absolute atomic E-state index is 0.0566. The first-order valence-corrected chi connectivity index (χ1v) is 11.6. The van der Waals surface area contributed by atoms with Crippen LogP contribution < -0.4 is 15.5 Å². The third-order valence-corrected chi connectivity index (χ3v) is 6.24. The molecule has 1 aliphatic rings. The van der Waals surface area contributed by atoms with E-state index in [1.165, 1.54) is 29.4 Å². The maximum atomic E-state index is 13.6. The number of halogens is 2. The number of carbonyl (C=O) groups excluding carboxylic acids is 2. The lowest BCUT2D eigenvalue weighted by Gasteiger charge is -2.32. The molecular weight excluding hydrogens is 470 g/mol. The lowest BCUT2D eigenvalue weighted by atomic mass is 10.0. The van der Waals surface area contributed by atoms with Gasteiger partial charge in [0.25, 0.3) is 11.8 Å². The molecule has 190 valence electrons. The van der Waals surface area contributed by atoms with Gasteiger partial charge in [0.2, 0.25) is 0 Å². The average molecular weight is 499 g/mol. The van der Waals surface area contributed by atoms with Crippen LogP contribution in [0.5, 0.6) is 5.75 Å². The molecule has 0 aliphatic carbocycles. The molecule has 2 heterocycles. The van der Waals surface area contributed by atoms with E-state index in [0.29, 0.717) is 5.56 Å². The Kier molecular flexibility index (Phi) is 7.97. The van der Waals surface area contributed by atoms with E-state index in [2.05, 4.69) is 22.3 Å². The van der Waals surface area contributed by atoms with Crippen molar-refractivity contribution < 1.29 is 28.3 Å². The van der Waals surface area contributed by atoms with Crippen molar-refractivity contribution >= 4 is 11.8 Å². The van der Waals surface area contributed by atoms with Crippen LogP contribution in [-0.2, 0) is 20.2 Å². The Morgan fingerprint density at radius 3 is 2.42 bits per heavy atom. The van der Waals surface area contributed by atoms with Crippen LogP contribution >= 0.6 is 0 Å². The van der Waals surface area contributed by atoms with Crippen molar-refractivity contribution in [3.8, 4) is 5.75 Å². The lowest BCUT2D eigenvalue weighted by Crippen LogP contribution is -2.44. The van der Waals surface area contributed by atoms with Gasteiger partial charge in [-0.25, -0.2) is 14.3 Å². The minimum Gasteiger partial charge on any atom is -0.486 e. The van der Waals surface area contributed by atoms with Gasteiger partial charge < -0.3 is 14.6 Å². The first kappa shape index (κ1) is 25.3. The Labute approximate surface area is 207 Å². The number of amides is 2. The third kappa shape index (κ3) is 5.89. The van der Waals surface area contributed by atoms with Crippen LogP contribution in [0.3, 0.4) is 0 Å². The first-order valence-electron chi connectivity index (χ1n) is 11.6. The Hall–Kier alpha value is -3.76. The minimum atomic E-state index is -1.03. The second-order valence-corrected chi connectivity index (χ2v) is 8.82. The average Bonchev–Trinajstić information content (AvgIpc) is 3.22. The fourth-order valence-corrected chi connectivity index (χ4v) is 4.35. The summed E-state index contributed by atoms with van der Waals surface area (Å²) in [6.07, 6.45) is 2.96. The number of likely N-dealkylation sites (tertiary alicyclic amines) is 1. The summed E-state index contributed by atoms with van der Waals surface area (Å²) in [5, 5.41) is 12.2. The predicted octanol–water partition coefficient (Wildman–Crippen LogP) is 3.40. The molecule has 1 aliphatic heterocycles. The van der Waals surface area contributed by atoms with Crippen LogP contribution in [0.2, 0.25) is 0 Å². The van der Waals surface area contributed by atoms with Gasteiger partial charge in [0.15, 0.2) is 23.1 Å². The number of carbonyl (C=O) groups is 2. The van der Waals surface area contributed by atoms with Gasteiger partial charge >= 0.3 is 0 Å². The molecule has 3 aromatic rings. The van der Waals surface area contributed by atoms with E-state index in [4.69, 9.17) is 9.94 Å². The Morgan fingerprint density at radius 2 is 1.75 bits per heavy atom. The van der Waals surface area contributed by atoms with Crippen LogP contribution in [-0.4, -0.2) is 45.6 Å². The third-order valence-electron chi connectivity index (χ3n) is 6.24. The van der Waals surface area contributed by atoms with Gasteiger partial charge in [-0.05, 0) is 36.1 Å². The standard InChI is InChI=1S/C26H28F2N4O4/c1-31-15-20(24(23(31)26(34)30-35)36-16-18-7-8-21(27)22(28)13-18)25(33)29-19-9-11-32(12-10-19)14-17-5-3-2-4-6-17/h2-8,13,15,19,35H,9-12,14,16H2,1H3,(H,29,33)(H,30,34). The molecule has 36 heavy (non-hydrogen) atoms. The lowest BCUT2D eigenvalue weighted by molar-refractivity contribution is 0.0692. The highest BCUT2D eigenvalue weighted by molar-refractivity contribution is 6.03. The van der Waals surface area contributed by atoms with Crippen LogP contribution in [0.15, 0.2) is 54.7 Å². The molecule has 4 rings (SSSR count). The SMILES string of the molecule is Cn1cc(C(=O)NC2CCN(Cc3ccccc3)CC2)c(OCc2ccc(F)c(F)c2)c1C(=O)NO. The molecule has 0 saturated carbocycles. The summed E-state index contributed by atoms with van der Waals surface area (Å²) in [5.74, 6) is -3.38. The predicted molar refractivity (Wildman–Crippen MR) is 128 cm³/mol. The van der Waals surface area contributed by atoms with E-state index in [1.54, 1.807) is 5.48 Å². The molecule has 2 aromatic carbocycles. The highest BCUT2D eigenvalue weighted by Gasteiger charge is 2.28. The van der Waals surface area contributed by atoms with Gasteiger partial charge in [0.05, 0.1) is 5.56 Å². The van der Waals surface area contributed by atoms with Gasteiger partial charge in [0.1, 0.15) is 6.61 Å². The van der Waals surface area contributed by atoms with Gasteiger partial charge in [-0.2, -0.15) is 0 Å². The van der Waals surface area contributed by atoms with Crippen LogP contribution in [0.25, 0.3) is 0 Å². The number of aromatic nitrogens is 1. The summed E-state index contributed by atoms with van der Waals surface area (Å²) >= 11 is 0. The molecular formula is C26H28F2N4O4. The summed E-state index contributed by atoms with van der Waals surface area (Å²) < 4.78 is 33.9. The largest absolute Gasteiger partial charge is 0.486 e. The van der Waals surface area contributed by atoms with E-state index in [1.807, 2.05) is 18.2 Å². The quantitative estimate of drug-likeness (QED) is 0.327. The van der Waals surface area contributed by atoms with E-state index >= 15 is 0 Å². The summed E-state index contributed by atoms with van der Waals surface area (Å²) in [4.78, 5) is 27.8. The monoisotopic (exact) mass is 498 g/mol. The molecule has 8 nitrogen and oxygen atoms in total.